The molecule has 2 aliphatic rings. The van der Waals surface area contributed by atoms with Gasteiger partial charge < -0.3 is 10.1 Å². The highest BCUT2D eigenvalue weighted by Crippen LogP contribution is 2.36. The number of imide groups is 1. The number of carbonyl (C=O) groups is 4. The van der Waals surface area contributed by atoms with E-state index in [1.807, 2.05) is 42.5 Å². The maximum Gasteiger partial charge on any atom is 0.330 e. The lowest BCUT2D eigenvalue weighted by Crippen LogP contribution is -2.48. The predicted octanol–water partition coefficient (Wildman–Crippen LogP) is 3.38. The van der Waals surface area contributed by atoms with Crippen molar-refractivity contribution in [2.75, 3.05) is 11.9 Å². The van der Waals surface area contributed by atoms with Crippen molar-refractivity contribution < 1.29 is 23.9 Å². The number of fused-ring (bicyclic) bond motifs is 1. The third-order valence-electron chi connectivity index (χ3n) is 5.85. The Morgan fingerprint density at radius 2 is 1.67 bits per heavy atom. The number of halogens is 1. The minimum atomic E-state index is -1.14. The average Bonchev–Trinajstić information content (AvgIpc) is 3.07. The highest BCUT2D eigenvalue weighted by molar-refractivity contribution is 6.30. The van der Waals surface area contributed by atoms with Gasteiger partial charge in [0.15, 0.2) is 6.61 Å². The molecule has 0 saturated carbocycles. The molecule has 1 fully saturated rings. The molecule has 0 aromatic heterocycles. The minimum absolute atomic E-state index is 0.111. The molecular weight excluding hydrogens is 444 g/mol. The van der Waals surface area contributed by atoms with Crippen LogP contribution in [0.4, 0.5) is 5.69 Å². The van der Waals surface area contributed by atoms with Crippen LogP contribution in [-0.4, -0.2) is 41.2 Å². The first kappa shape index (κ1) is 22.7. The number of carbonyl (C=O) groups excluding carboxylic acids is 4. The predicted molar refractivity (Wildman–Crippen MR) is 122 cm³/mol. The smallest absolute Gasteiger partial charge is 0.330 e. The number of esters is 1. The summed E-state index contributed by atoms with van der Waals surface area (Å²) in [6.07, 6.45) is 4.84. The van der Waals surface area contributed by atoms with Gasteiger partial charge in [-0.2, -0.15) is 0 Å². The molecule has 3 atom stereocenters. The second-order valence-corrected chi connectivity index (χ2v) is 8.51. The van der Waals surface area contributed by atoms with Gasteiger partial charge in [-0.15, -0.1) is 0 Å². The van der Waals surface area contributed by atoms with Crippen LogP contribution in [0.1, 0.15) is 18.4 Å². The van der Waals surface area contributed by atoms with Crippen molar-refractivity contribution in [2.24, 2.45) is 11.8 Å². The van der Waals surface area contributed by atoms with E-state index in [0.717, 1.165) is 10.5 Å². The van der Waals surface area contributed by atoms with Crippen LogP contribution in [0.2, 0.25) is 5.02 Å². The summed E-state index contributed by atoms with van der Waals surface area (Å²) in [5, 5.41) is 3.05. The fraction of sp³-hybridized carbons (Fsp3) is 0.280. The lowest BCUT2D eigenvalue weighted by atomic mass is 9.85. The lowest BCUT2D eigenvalue weighted by molar-refractivity contribution is -0.159. The van der Waals surface area contributed by atoms with Crippen LogP contribution >= 0.6 is 11.6 Å². The molecule has 0 spiro atoms. The third kappa shape index (κ3) is 5.14. The number of nitrogens with zero attached hydrogens (tertiary/aromatic N) is 1. The molecule has 1 saturated heterocycles. The zero-order chi connectivity index (χ0) is 23.4. The highest BCUT2D eigenvalue weighted by atomic mass is 35.5. The molecular formula is C25H23ClN2O5. The Kier molecular flexibility index (Phi) is 6.89. The number of benzene rings is 2. The van der Waals surface area contributed by atoms with E-state index >= 15 is 0 Å². The molecule has 170 valence electrons. The van der Waals surface area contributed by atoms with E-state index in [1.165, 1.54) is 0 Å². The van der Waals surface area contributed by atoms with Crippen molar-refractivity contribution in [2.45, 2.75) is 25.3 Å². The Labute approximate surface area is 196 Å². The van der Waals surface area contributed by atoms with Crippen LogP contribution in [-0.2, 0) is 30.3 Å². The van der Waals surface area contributed by atoms with Crippen molar-refractivity contribution in [3.63, 3.8) is 0 Å². The molecule has 2 aromatic carbocycles. The summed E-state index contributed by atoms with van der Waals surface area (Å²) in [5.41, 5.74) is 1.24. The summed E-state index contributed by atoms with van der Waals surface area (Å²) < 4.78 is 5.26. The normalized spacial score (nSPS) is 20.3. The second kappa shape index (κ2) is 10.0. The Hall–Kier alpha value is -3.45. The molecule has 0 radical (unpaired) electrons. The van der Waals surface area contributed by atoms with Gasteiger partial charge in [-0.25, -0.2) is 4.79 Å². The van der Waals surface area contributed by atoms with Crippen molar-refractivity contribution in [1.82, 2.24) is 4.90 Å². The molecule has 2 aromatic rings. The summed E-state index contributed by atoms with van der Waals surface area (Å²) in [6, 6.07) is 14.5. The first-order valence-electron chi connectivity index (χ1n) is 10.7. The molecule has 33 heavy (non-hydrogen) atoms. The van der Waals surface area contributed by atoms with Gasteiger partial charge in [-0.3, -0.25) is 19.3 Å². The van der Waals surface area contributed by atoms with E-state index in [9.17, 15) is 19.2 Å². The van der Waals surface area contributed by atoms with Crippen LogP contribution in [0.15, 0.2) is 66.7 Å². The molecule has 1 heterocycles. The molecule has 1 N–H and O–H groups in total. The van der Waals surface area contributed by atoms with Crippen molar-refractivity contribution in [3.8, 4) is 0 Å². The van der Waals surface area contributed by atoms with Gasteiger partial charge in [-0.1, -0.05) is 60.2 Å². The molecule has 4 rings (SSSR count). The first-order chi connectivity index (χ1) is 15.9. The quantitative estimate of drug-likeness (QED) is 0.383. The topological polar surface area (TPSA) is 92.8 Å². The zero-order valence-corrected chi connectivity index (χ0v) is 18.5. The fourth-order valence-corrected chi connectivity index (χ4v) is 4.44. The van der Waals surface area contributed by atoms with E-state index in [2.05, 4.69) is 5.32 Å². The maximum absolute atomic E-state index is 13.1. The van der Waals surface area contributed by atoms with Gasteiger partial charge in [0.05, 0.1) is 11.8 Å². The number of hydrogen-bond donors (Lipinski definition) is 1. The summed E-state index contributed by atoms with van der Waals surface area (Å²) in [6.45, 7) is -0.554. The van der Waals surface area contributed by atoms with Gasteiger partial charge in [0, 0.05) is 17.1 Å². The van der Waals surface area contributed by atoms with E-state index < -0.39 is 36.4 Å². The first-order valence-corrected chi connectivity index (χ1v) is 11.1. The molecule has 8 heteroatoms. The number of likely N-dealkylation sites (tertiary alicyclic amines) is 1. The fourth-order valence-electron chi connectivity index (χ4n) is 4.25. The second-order valence-electron chi connectivity index (χ2n) is 8.07. The van der Waals surface area contributed by atoms with Gasteiger partial charge in [-0.05, 0) is 36.6 Å². The Morgan fingerprint density at radius 1 is 1.00 bits per heavy atom. The van der Waals surface area contributed by atoms with E-state index in [0.29, 0.717) is 23.6 Å². The van der Waals surface area contributed by atoms with Crippen molar-refractivity contribution >= 4 is 41.0 Å². The molecule has 1 aliphatic carbocycles. The Bertz CT molecular complexity index is 1070. The highest BCUT2D eigenvalue weighted by Gasteiger charge is 2.51. The summed E-state index contributed by atoms with van der Waals surface area (Å²) in [7, 11) is 0. The van der Waals surface area contributed by atoms with Crippen LogP contribution in [0, 0.1) is 11.8 Å². The Balaban J connectivity index is 1.48. The third-order valence-corrected chi connectivity index (χ3v) is 6.09. The van der Waals surface area contributed by atoms with E-state index in [4.69, 9.17) is 16.3 Å². The number of anilines is 1. The van der Waals surface area contributed by atoms with Crippen molar-refractivity contribution in [3.05, 3.63) is 77.3 Å². The van der Waals surface area contributed by atoms with E-state index in [-0.39, 0.29) is 18.2 Å². The Morgan fingerprint density at radius 3 is 2.30 bits per heavy atom. The number of ether oxygens (including phenoxy) is 1. The van der Waals surface area contributed by atoms with Gasteiger partial charge in [0.2, 0.25) is 11.8 Å². The summed E-state index contributed by atoms with van der Waals surface area (Å²) >= 11 is 5.92. The largest absolute Gasteiger partial charge is 0.454 e. The minimum Gasteiger partial charge on any atom is -0.454 e. The number of hydrogen-bond acceptors (Lipinski definition) is 5. The number of allylic oxidation sites excluding steroid dienone is 2. The monoisotopic (exact) mass is 466 g/mol. The lowest BCUT2D eigenvalue weighted by Gasteiger charge is -2.25. The summed E-state index contributed by atoms with van der Waals surface area (Å²) in [5.74, 6) is -3.00. The number of rotatable bonds is 7. The number of amides is 3. The molecule has 0 unspecified atom stereocenters. The van der Waals surface area contributed by atoms with Crippen LogP contribution in [0.3, 0.4) is 0 Å². The van der Waals surface area contributed by atoms with Gasteiger partial charge in [0.1, 0.15) is 6.04 Å². The van der Waals surface area contributed by atoms with Crippen LogP contribution in [0.5, 0.6) is 0 Å². The molecule has 1 aliphatic heterocycles. The molecule has 7 nitrogen and oxygen atoms in total. The maximum atomic E-state index is 13.1. The average molecular weight is 467 g/mol. The summed E-state index contributed by atoms with van der Waals surface area (Å²) in [4.78, 5) is 52.5. The van der Waals surface area contributed by atoms with Gasteiger partial charge in [0.25, 0.3) is 5.91 Å². The van der Waals surface area contributed by atoms with Crippen LogP contribution in [0.25, 0.3) is 0 Å². The zero-order valence-electron chi connectivity index (χ0n) is 17.8. The van der Waals surface area contributed by atoms with Gasteiger partial charge >= 0.3 is 5.97 Å². The van der Waals surface area contributed by atoms with E-state index in [1.54, 1.807) is 24.3 Å². The van der Waals surface area contributed by atoms with Crippen LogP contribution < -0.4 is 5.32 Å². The standard InChI is InChI=1S/C25H23ClN2O5/c26-17-9-6-10-18(14-17)27-22(29)15-33-25(32)21(13-16-7-2-1-3-8-16)28-23(30)19-11-4-5-12-20(19)24(28)31/h1-10,14,19-21H,11-13,15H2,(H,27,29)/t19-,20+,21-/m1/s1. The van der Waals surface area contributed by atoms with Crippen molar-refractivity contribution in [1.29, 1.82) is 0 Å². The molecule has 0 bridgehead atoms. The number of nitrogens with one attached hydrogen (secondary N) is 1. The molecule has 3 amide bonds. The SMILES string of the molecule is O=C(COC(=O)[C@@H](Cc1ccccc1)N1C(=O)[C@H]2CC=CC[C@H]2C1=O)Nc1cccc(Cl)c1.